The van der Waals surface area contributed by atoms with Crippen molar-refractivity contribution in [2.24, 2.45) is 5.73 Å². The molecule has 0 aliphatic rings. The van der Waals surface area contributed by atoms with Gasteiger partial charge in [-0.25, -0.2) is 0 Å². The highest BCUT2D eigenvalue weighted by Crippen LogP contribution is 2.23. The molecule has 1 heterocycles. The van der Waals surface area contributed by atoms with Crippen LogP contribution in [0.5, 0.6) is 0 Å². The Morgan fingerprint density at radius 3 is 2.48 bits per heavy atom. The number of aryl methyl sites for hydroxylation is 2. The Balaban J connectivity index is 0.00000264. The van der Waals surface area contributed by atoms with Crippen LogP contribution in [0.1, 0.15) is 32.6 Å². The van der Waals surface area contributed by atoms with Crippen molar-refractivity contribution >= 4 is 29.7 Å². The van der Waals surface area contributed by atoms with E-state index in [1.54, 1.807) is 11.3 Å². The maximum absolute atomic E-state index is 12.7. The Bertz CT molecular complexity index is 613. The summed E-state index contributed by atoms with van der Waals surface area (Å²) < 4.78 is 0. The number of carbonyl (C=O) groups excluding carboxylic acids is 1. The molecule has 1 aromatic carbocycles. The van der Waals surface area contributed by atoms with Gasteiger partial charge >= 0.3 is 0 Å². The van der Waals surface area contributed by atoms with Gasteiger partial charge in [0.1, 0.15) is 0 Å². The van der Waals surface area contributed by atoms with Crippen molar-refractivity contribution in [3.63, 3.8) is 0 Å². The molecule has 2 N–H and O–H groups in total. The molecular formula is C18H25ClN2OS. The fraction of sp³-hybridized carbons (Fsp3) is 0.389. The van der Waals surface area contributed by atoms with Gasteiger partial charge in [0.15, 0.2) is 0 Å². The second-order valence-electron chi connectivity index (χ2n) is 5.36. The van der Waals surface area contributed by atoms with Gasteiger partial charge in [-0.2, -0.15) is 0 Å². The predicted octanol–water partition coefficient (Wildman–Crippen LogP) is 3.68. The number of nitrogens with two attached hydrogens (primary N) is 1. The van der Waals surface area contributed by atoms with Crippen LogP contribution in [0.2, 0.25) is 0 Å². The molecule has 2 rings (SSSR count). The van der Waals surface area contributed by atoms with Crippen molar-refractivity contribution in [1.29, 1.82) is 0 Å². The summed E-state index contributed by atoms with van der Waals surface area (Å²) in [4.78, 5) is 16.7. The van der Waals surface area contributed by atoms with Gasteiger partial charge in [0.05, 0.1) is 4.88 Å². The number of hydrogen-bond acceptors (Lipinski definition) is 3. The summed E-state index contributed by atoms with van der Waals surface area (Å²) in [7, 11) is 0. The quantitative estimate of drug-likeness (QED) is 0.826. The van der Waals surface area contributed by atoms with Crippen LogP contribution in [-0.2, 0) is 12.8 Å². The number of nitrogens with zero attached hydrogens (tertiary/aromatic N) is 1. The van der Waals surface area contributed by atoms with Gasteiger partial charge in [-0.1, -0.05) is 37.3 Å². The molecule has 5 heteroatoms. The smallest absolute Gasteiger partial charge is 0.263 e. The monoisotopic (exact) mass is 352 g/mol. The van der Waals surface area contributed by atoms with E-state index in [4.69, 9.17) is 5.73 Å². The van der Waals surface area contributed by atoms with E-state index in [9.17, 15) is 4.79 Å². The topological polar surface area (TPSA) is 46.3 Å². The van der Waals surface area contributed by atoms with Crippen molar-refractivity contribution in [1.82, 2.24) is 4.90 Å². The van der Waals surface area contributed by atoms with Crippen LogP contribution in [0, 0.1) is 6.92 Å². The van der Waals surface area contributed by atoms with Crippen LogP contribution in [-0.4, -0.2) is 30.4 Å². The Morgan fingerprint density at radius 2 is 1.91 bits per heavy atom. The normalized spacial score (nSPS) is 10.2. The molecule has 0 spiro atoms. The summed E-state index contributed by atoms with van der Waals surface area (Å²) in [6.07, 6.45) is 1.83. The van der Waals surface area contributed by atoms with Gasteiger partial charge in [-0.15, -0.1) is 23.7 Å². The third-order valence-corrected chi connectivity index (χ3v) is 4.89. The van der Waals surface area contributed by atoms with Crippen molar-refractivity contribution < 1.29 is 4.79 Å². The van der Waals surface area contributed by atoms with E-state index in [1.165, 1.54) is 16.0 Å². The van der Waals surface area contributed by atoms with E-state index in [-0.39, 0.29) is 18.3 Å². The molecule has 1 amide bonds. The zero-order chi connectivity index (χ0) is 15.9. The number of halogens is 1. The zero-order valence-corrected chi connectivity index (χ0v) is 15.4. The van der Waals surface area contributed by atoms with Crippen LogP contribution >= 0.6 is 23.7 Å². The maximum Gasteiger partial charge on any atom is 0.263 e. The minimum atomic E-state index is 0. The van der Waals surface area contributed by atoms with Crippen molar-refractivity contribution in [2.45, 2.75) is 26.7 Å². The molecule has 0 bridgehead atoms. The first-order valence-electron chi connectivity index (χ1n) is 7.78. The van der Waals surface area contributed by atoms with E-state index in [2.05, 4.69) is 26.0 Å². The largest absolute Gasteiger partial charge is 0.336 e. The summed E-state index contributed by atoms with van der Waals surface area (Å²) >= 11 is 1.59. The van der Waals surface area contributed by atoms with Crippen LogP contribution in [0.4, 0.5) is 0 Å². The van der Waals surface area contributed by atoms with E-state index < -0.39 is 0 Å². The molecule has 0 saturated heterocycles. The molecule has 0 fully saturated rings. The Hall–Kier alpha value is -1.36. The Morgan fingerprint density at radius 1 is 1.22 bits per heavy atom. The van der Waals surface area contributed by atoms with E-state index >= 15 is 0 Å². The molecule has 2 aromatic rings. The fourth-order valence-corrected chi connectivity index (χ4v) is 3.59. The van der Waals surface area contributed by atoms with Crippen LogP contribution in [0.15, 0.2) is 36.4 Å². The SMILES string of the molecule is CCc1cc(C(=O)N(CCN)CCc2ccccc2)sc1C.Cl. The van der Waals surface area contributed by atoms with Crippen LogP contribution < -0.4 is 5.73 Å². The van der Waals surface area contributed by atoms with Crippen molar-refractivity contribution in [3.05, 3.63) is 57.3 Å². The molecule has 0 aliphatic carbocycles. The number of thiophene rings is 1. The molecule has 126 valence electrons. The number of carbonyl (C=O) groups is 1. The Kier molecular flexibility index (Phi) is 8.31. The minimum Gasteiger partial charge on any atom is -0.336 e. The van der Waals surface area contributed by atoms with E-state index in [0.29, 0.717) is 19.6 Å². The highest BCUT2D eigenvalue weighted by molar-refractivity contribution is 7.14. The molecule has 0 radical (unpaired) electrons. The molecule has 0 saturated carbocycles. The molecule has 0 atom stereocenters. The summed E-state index contributed by atoms with van der Waals surface area (Å²) in [6.45, 7) is 6.00. The van der Waals surface area contributed by atoms with Gasteiger partial charge in [-0.3, -0.25) is 4.79 Å². The average Bonchev–Trinajstić information content (AvgIpc) is 2.92. The van der Waals surface area contributed by atoms with Gasteiger partial charge in [-0.05, 0) is 37.0 Å². The number of benzene rings is 1. The molecule has 0 unspecified atom stereocenters. The number of hydrogen-bond donors (Lipinski definition) is 1. The van der Waals surface area contributed by atoms with E-state index in [0.717, 1.165) is 17.7 Å². The minimum absolute atomic E-state index is 0. The standard InChI is InChI=1S/C18H24N2OS.ClH/c1-3-16-13-17(22-14(16)2)18(21)20(12-10-19)11-9-15-7-5-4-6-8-15;/h4-8,13H,3,9-12,19H2,1-2H3;1H. The number of amides is 1. The van der Waals surface area contributed by atoms with E-state index in [1.807, 2.05) is 29.2 Å². The van der Waals surface area contributed by atoms with Gasteiger partial charge in [0.25, 0.3) is 5.91 Å². The van der Waals surface area contributed by atoms with Gasteiger partial charge in [0.2, 0.25) is 0 Å². The Labute approximate surface area is 148 Å². The van der Waals surface area contributed by atoms with Crippen LogP contribution in [0.3, 0.4) is 0 Å². The lowest BCUT2D eigenvalue weighted by atomic mass is 10.1. The van der Waals surface area contributed by atoms with Gasteiger partial charge < -0.3 is 10.6 Å². The average molecular weight is 353 g/mol. The summed E-state index contributed by atoms with van der Waals surface area (Å²) in [6, 6.07) is 12.3. The lowest BCUT2D eigenvalue weighted by Crippen LogP contribution is -2.36. The summed E-state index contributed by atoms with van der Waals surface area (Å²) in [5, 5.41) is 0. The first-order chi connectivity index (χ1) is 10.7. The molecule has 3 nitrogen and oxygen atoms in total. The lowest BCUT2D eigenvalue weighted by Gasteiger charge is -2.21. The number of rotatable bonds is 7. The third-order valence-electron chi connectivity index (χ3n) is 3.81. The third kappa shape index (κ3) is 5.34. The summed E-state index contributed by atoms with van der Waals surface area (Å²) in [5.74, 6) is 0.106. The highest BCUT2D eigenvalue weighted by Gasteiger charge is 2.18. The molecule has 23 heavy (non-hydrogen) atoms. The molecule has 1 aromatic heterocycles. The second-order valence-corrected chi connectivity index (χ2v) is 6.62. The van der Waals surface area contributed by atoms with Crippen molar-refractivity contribution in [2.75, 3.05) is 19.6 Å². The first kappa shape index (κ1) is 19.7. The van der Waals surface area contributed by atoms with Gasteiger partial charge in [0, 0.05) is 24.5 Å². The lowest BCUT2D eigenvalue weighted by molar-refractivity contribution is 0.0767. The first-order valence-corrected chi connectivity index (χ1v) is 8.60. The van der Waals surface area contributed by atoms with Crippen LogP contribution in [0.25, 0.3) is 0 Å². The predicted molar refractivity (Wildman–Crippen MR) is 101 cm³/mol. The maximum atomic E-state index is 12.7. The fourth-order valence-electron chi connectivity index (χ4n) is 2.51. The highest BCUT2D eigenvalue weighted by atomic mass is 35.5. The molecule has 0 aliphatic heterocycles. The second kappa shape index (κ2) is 9.71. The van der Waals surface area contributed by atoms with Crippen molar-refractivity contribution in [3.8, 4) is 0 Å². The summed E-state index contributed by atoms with van der Waals surface area (Å²) in [5.41, 5.74) is 8.20. The zero-order valence-electron chi connectivity index (χ0n) is 13.7. The molecular weight excluding hydrogens is 328 g/mol.